The van der Waals surface area contributed by atoms with Gasteiger partial charge >= 0.3 is 0 Å². The molecular weight excluding hydrogens is 433 g/mol. The van der Waals surface area contributed by atoms with Gasteiger partial charge in [-0.05, 0) is 61.3 Å². The molecule has 0 saturated carbocycles. The third-order valence-corrected chi connectivity index (χ3v) is 6.88. The SMILES string of the molecule is COc1ccc(N2CCN(C(=O)C3CCCN(Cc4ccc(Cl)cc4Cl)C3)CC2)cc1. The van der Waals surface area contributed by atoms with E-state index in [0.717, 1.165) is 70.0 Å². The van der Waals surface area contributed by atoms with Crippen molar-refractivity contribution in [1.82, 2.24) is 9.80 Å². The third kappa shape index (κ3) is 5.46. The number of hydrogen-bond donors (Lipinski definition) is 0. The van der Waals surface area contributed by atoms with Gasteiger partial charge in [0.15, 0.2) is 0 Å². The van der Waals surface area contributed by atoms with Crippen LogP contribution in [0.2, 0.25) is 10.0 Å². The fourth-order valence-electron chi connectivity index (χ4n) is 4.53. The lowest BCUT2D eigenvalue weighted by Crippen LogP contribution is -2.52. The number of piperazine rings is 1. The molecule has 2 saturated heterocycles. The number of carbonyl (C=O) groups is 1. The molecule has 1 amide bonds. The van der Waals surface area contributed by atoms with Gasteiger partial charge in [-0.15, -0.1) is 0 Å². The topological polar surface area (TPSA) is 36.0 Å². The van der Waals surface area contributed by atoms with E-state index in [9.17, 15) is 4.79 Å². The molecule has 2 aliphatic rings. The van der Waals surface area contributed by atoms with Gasteiger partial charge in [-0.3, -0.25) is 9.69 Å². The molecule has 1 unspecified atom stereocenters. The molecule has 4 rings (SSSR count). The Morgan fingerprint density at radius 2 is 1.77 bits per heavy atom. The van der Waals surface area contributed by atoms with Crippen molar-refractivity contribution in [2.75, 3.05) is 51.3 Å². The van der Waals surface area contributed by atoms with Gasteiger partial charge in [-0.25, -0.2) is 0 Å². The molecule has 31 heavy (non-hydrogen) atoms. The highest BCUT2D eigenvalue weighted by atomic mass is 35.5. The summed E-state index contributed by atoms with van der Waals surface area (Å²) < 4.78 is 5.24. The summed E-state index contributed by atoms with van der Waals surface area (Å²) in [4.78, 5) is 19.9. The number of methoxy groups -OCH3 is 1. The van der Waals surface area contributed by atoms with Gasteiger partial charge < -0.3 is 14.5 Å². The van der Waals surface area contributed by atoms with Crippen molar-refractivity contribution >= 4 is 34.8 Å². The second kappa shape index (κ2) is 10.1. The highest BCUT2D eigenvalue weighted by molar-refractivity contribution is 6.35. The minimum Gasteiger partial charge on any atom is -0.497 e. The summed E-state index contributed by atoms with van der Waals surface area (Å²) in [5.41, 5.74) is 2.24. The molecular formula is C24H29Cl2N3O2. The molecule has 2 aliphatic heterocycles. The second-order valence-corrected chi connectivity index (χ2v) is 9.16. The zero-order valence-electron chi connectivity index (χ0n) is 17.9. The summed E-state index contributed by atoms with van der Waals surface area (Å²) in [7, 11) is 1.68. The monoisotopic (exact) mass is 461 g/mol. The predicted octanol–water partition coefficient (Wildman–Crippen LogP) is 4.56. The van der Waals surface area contributed by atoms with Crippen LogP contribution in [0, 0.1) is 5.92 Å². The van der Waals surface area contributed by atoms with Crippen LogP contribution in [-0.4, -0.2) is 62.1 Å². The van der Waals surface area contributed by atoms with E-state index in [0.29, 0.717) is 16.0 Å². The van der Waals surface area contributed by atoms with Crippen LogP contribution in [-0.2, 0) is 11.3 Å². The summed E-state index contributed by atoms with van der Waals surface area (Å²) in [5.74, 6) is 1.22. The van der Waals surface area contributed by atoms with Gasteiger partial charge in [-0.1, -0.05) is 29.3 Å². The second-order valence-electron chi connectivity index (χ2n) is 8.32. The molecule has 0 radical (unpaired) electrons. The van der Waals surface area contributed by atoms with Crippen molar-refractivity contribution in [2.45, 2.75) is 19.4 Å². The number of hydrogen-bond acceptors (Lipinski definition) is 4. The lowest BCUT2D eigenvalue weighted by atomic mass is 9.95. The number of nitrogens with zero attached hydrogens (tertiary/aromatic N) is 3. The Bertz CT molecular complexity index is 898. The van der Waals surface area contributed by atoms with Gasteiger partial charge in [0.2, 0.25) is 5.91 Å². The van der Waals surface area contributed by atoms with E-state index in [2.05, 4.69) is 21.9 Å². The van der Waals surface area contributed by atoms with Crippen LogP contribution in [0.5, 0.6) is 5.75 Å². The first kappa shape index (κ1) is 22.3. The molecule has 166 valence electrons. The van der Waals surface area contributed by atoms with Gasteiger partial charge in [0.05, 0.1) is 13.0 Å². The minimum absolute atomic E-state index is 0.0624. The lowest BCUT2D eigenvalue weighted by molar-refractivity contribution is -0.137. The fraction of sp³-hybridized carbons (Fsp3) is 0.458. The summed E-state index contributed by atoms with van der Waals surface area (Å²) >= 11 is 12.4. The average Bonchev–Trinajstić information content (AvgIpc) is 2.81. The summed E-state index contributed by atoms with van der Waals surface area (Å²) in [5, 5.41) is 1.34. The Morgan fingerprint density at radius 1 is 1.03 bits per heavy atom. The van der Waals surface area contributed by atoms with Crippen LogP contribution < -0.4 is 9.64 Å². The van der Waals surface area contributed by atoms with E-state index < -0.39 is 0 Å². The van der Waals surface area contributed by atoms with Gasteiger partial charge in [-0.2, -0.15) is 0 Å². The number of carbonyl (C=O) groups excluding carboxylic acids is 1. The molecule has 2 aromatic rings. The van der Waals surface area contributed by atoms with E-state index >= 15 is 0 Å². The molecule has 7 heteroatoms. The standard InChI is InChI=1S/C24H29Cl2N3O2/c1-31-22-8-6-21(7-9-22)28-11-13-29(14-12-28)24(30)19-3-2-10-27(17-19)16-18-4-5-20(25)15-23(18)26/h4-9,15,19H,2-3,10-14,16-17H2,1H3. The first-order valence-corrected chi connectivity index (χ1v) is 11.6. The molecule has 0 aliphatic carbocycles. The largest absolute Gasteiger partial charge is 0.497 e. The molecule has 0 bridgehead atoms. The molecule has 0 spiro atoms. The lowest BCUT2D eigenvalue weighted by Gasteiger charge is -2.39. The maximum absolute atomic E-state index is 13.2. The van der Waals surface area contributed by atoms with Crippen molar-refractivity contribution in [3.05, 3.63) is 58.1 Å². The van der Waals surface area contributed by atoms with Crippen LogP contribution in [0.1, 0.15) is 18.4 Å². The number of halogens is 2. The number of benzene rings is 2. The zero-order valence-corrected chi connectivity index (χ0v) is 19.4. The first-order chi connectivity index (χ1) is 15.0. The van der Waals surface area contributed by atoms with Crippen molar-refractivity contribution in [3.8, 4) is 5.75 Å². The molecule has 2 fully saturated rings. The van der Waals surface area contributed by atoms with Crippen LogP contribution >= 0.6 is 23.2 Å². The summed E-state index contributed by atoms with van der Waals surface area (Å²) in [6.45, 7) is 5.79. The van der Waals surface area contributed by atoms with Crippen LogP contribution in [0.3, 0.4) is 0 Å². The highest BCUT2D eigenvalue weighted by Gasteiger charge is 2.31. The quantitative estimate of drug-likeness (QED) is 0.653. The predicted molar refractivity (Wildman–Crippen MR) is 126 cm³/mol. The maximum Gasteiger partial charge on any atom is 0.227 e. The van der Waals surface area contributed by atoms with Crippen molar-refractivity contribution in [2.24, 2.45) is 5.92 Å². The number of ether oxygens (including phenoxy) is 1. The van der Waals surface area contributed by atoms with Crippen LogP contribution in [0.4, 0.5) is 5.69 Å². The number of likely N-dealkylation sites (tertiary alicyclic amines) is 1. The Labute approximate surface area is 194 Å². The number of rotatable bonds is 5. The zero-order chi connectivity index (χ0) is 21.8. The van der Waals surface area contributed by atoms with Crippen LogP contribution in [0.15, 0.2) is 42.5 Å². The number of piperidine rings is 1. The molecule has 5 nitrogen and oxygen atoms in total. The Balaban J connectivity index is 1.31. The van der Waals surface area contributed by atoms with E-state index in [-0.39, 0.29) is 5.92 Å². The van der Waals surface area contributed by atoms with Crippen molar-refractivity contribution < 1.29 is 9.53 Å². The molecule has 0 aromatic heterocycles. The fourth-order valence-corrected chi connectivity index (χ4v) is 5.00. The van der Waals surface area contributed by atoms with Gasteiger partial charge in [0, 0.05) is 55.0 Å². The summed E-state index contributed by atoms with van der Waals surface area (Å²) in [6.07, 6.45) is 2.00. The molecule has 2 aromatic carbocycles. The average molecular weight is 462 g/mol. The van der Waals surface area contributed by atoms with Crippen molar-refractivity contribution in [3.63, 3.8) is 0 Å². The highest BCUT2D eigenvalue weighted by Crippen LogP contribution is 2.26. The summed E-state index contributed by atoms with van der Waals surface area (Å²) in [6, 6.07) is 13.8. The van der Waals surface area contributed by atoms with Crippen LogP contribution in [0.25, 0.3) is 0 Å². The Hall–Kier alpha value is -1.95. The Kier molecular flexibility index (Phi) is 7.26. The normalized spacial score (nSPS) is 20.0. The number of amides is 1. The van der Waals surface area contributed by atoms with E-state index in [1.165, 1.54) is 5.69 Å². The van der Waals surface area contributed by atoms with E-state index in [1.807, 2.05) is 29.2 Å². The van der Waals surface area contributed by atoms with E-state index in [1.54, 1.807) is 13.2 Å². The molecule has 1 atom stereocenters. The van der Waals surface area contributed by atoms with E-state index in [4.69, 9.17) is 27.9 Å². The maximum atomic E-state index is 13.2. The third-order valence-electron chi connectivity index (χ3n) is 6.29. The smallest absolute Gasteiger partial charge is 0.227 e. The van der Waals surface area contributed by atoms with Crippen molar-refractivity contribution in [1.29, 1.82) is 0 Å². The first-order valence-electron chi connectivity index (χ1n) is 10.9. The molecule has 0 N–H and O–H groups in total. The Morgan fingerprint density at radius 3 is 2.45 bits per heavy atom. The minimum atomic E-state index is 0.0624. The van der Waals surface area contributed by atoms with Gasteiger partial charge in [0.25, 0.3) is 0 Å². The number of anilines is 1. The molecule has 2 heterocycles. The van der Waals surface area contributed by atoms with Gasteiger partial charge in [0.1, 0.15) is 5.75 Å².